The van der Waals surface area contributed by atoms with Gasteiger partial charge in [-0.25, -0.2) is 9.37 Å². The van der Waals surface area contributed by atoms with Gasteiger partial charge in [-0.05, 0) is 55.5 Å². The van der Waals surface area contributed by atoms with Gasteiger partial charge in [0.1, 0.15) is 29.6 Å². The molecule has 0 bridgehead atoms. The van der Waals surface area contributed by atoms with Crippen molar-refractivity contribution in [2.75, 3.05) is 27.4 Å². The zero-order valence-corrected chi connectivity index (χ0v) is 20.1. The van der Waals surface area contributed by atoms with Crippen molar-refractivity contribution in [3.8, 4) is 28.5 Å². The van der Waals surface area contributed by atoms with Crippen molar-refractivity contribution >= 4 is 23.3 Å². The Kier molecular flexibility index (Phi) is 8.62. The van der Waals surface area contributed by atoms with Gasteiger partial charge in [0.05, 0.1) is 31.9 Å². The maximum absolute atomic E-state index is 13.6. The zero-order valence-electron chi connectivity index (χ0n) is 19.3. The van der Waals surface area contributed by atoms with Crippen LogP contribution < -0.4 is 19.5 Å². The number of rotatable bonds is 10. The van der Waals surface area contributed by atoms with Crippen LogP contribution in [0.3, 0.4) is 0 Å². The average Bonchev–Trinajstić information content (AvgIpc) is 2.87. The summed E-state index contributed by atoms with van der Waals surface area (Å²) in [4.78, 5) is 30.2. The first-order valence-corrected chi connectivity index (χ1v) is 10.9. The fourth-order valence-corrected chi connectivity index (χ4v) is 3.43. The molecule has 3 aromatic rings. The van der Waals surface area contributed by atoms with E-state index >= 15 is 0 Å². The van der Waals surface area contributed by atoms with Crippen LogP contribution in [0.5, 0.6) is 17.2 Å². The first-order chi connectivity index (χ1) is 16.8. The normalized spacial score (nSPS) is 11.5. The number of pyridine rings is 1. The molecule has 1 aromatic heterocycles. The number of carbonyl (C=O) groups is 2. The molecule has 184 valence electrons. The van der Waals surface area contributed by atoms with Crippen molar-refractivity contribution in [2.45, 2.75) is 13.0 Å². The van der Waals surface area contributed by atoms with Crippen molar-refractivity contribution < 1.29 is 33.3 Å². The van der Waals surface area contributed by atoms with E-state index in [1.165, 1.54) is 57.5 Å². The number of aliphatic hydroxyl groups excluding tert-OH is 1. The van der Waals surface area contributed by atoms with E-state index in [-0.39, 0.29) is 29.5 Å². The molecule has 0 saturated carbocycles. The maximum atomic E-state index is 13.6. The summed E-state index contributed by atoms with van der Waals surface area (Å²) in [6.45, 7) is 1.45. The van der Waals surface area contributed by atoms with Crippen LogP contribution in [0.25, 0.3) is 11.3 Å². The molecular formula is C25H24ClFN2O6. The Labute approximate surface area is 206 Å². The smallest absolute Gasteiger partial charge is 0.252 e. The van der Waals surface area contributed by atoms with Gasteiger partial charge in [-0.1, -0.05) is 11.6 Å². The van der Waals surface area contributed by atoms with Crippen LogP contribution in [0.4, 0.5) is 4.39 Å². The van der Waals surface area contributed by atoms with Gasteiger partial charge in [0.25, 0.3) is 5.91 Å². The summed E-state index contributed by atoms with van der Waals surface area (Å²) in [5.74, 6) is -0.469. The molecule has 1 atom stereocenters. The van der Waals surface area contributed by atoms with E-state index in [4.69, 9.17) is 30.9 Å². The Balaban J connectivity index is 1.80. The predicted molar refractivity (Wildman–Crippen MR) is 128 cm³/mol. The van der Waals surface area contributed by atoms with Gasteiger partial charge in [0.2, 0.25) is 5.78 Å². The SMILES string of the molecule is COc1cc(C(=O)N[C@@H](C)C(=O)c2ccc(OC)c(-c3ccc(F)c(Cl)c3)n2)ccc1OCCO. The summed E-state index contributed by atoms with van der Waals surface area (Å²) in [6, 6.07) is 10.7. The number of hydrogen-bond acceptors (Lipinski definition) is 7. The number of hydrogen-bond donors (Lipinski definition) is 2. The second-order valence-electron chi connectivity index (χ2n) is 7.37. The standard InChI is InChI=1S/C25H24ClFN2O6/c1-14(28-25(32)16-5-8-20(35-11-10-30)22(13-16)34-3)24(31)19-7-9-21(33-2)23(29-19)15-4-6-18(27)17(26)12-15/h4-9,12-14,30H,10-11H2,1-3H3,(H,28,32)/t14-/m0/s1. The predicted octanol–water partition coefficient (Wildman–Crippen LogP) is 3.93. The first kappa shape index (κ1) is 25.9. The Bertz CT molecular complexity index is 1240. The topological polar surface area (TPSA) is 107 Å². The molecule has 1 heterocycles. The molecule has 0 unspecified atom stereocenters. The molecule has 0 aliphatic heterocycles. The largest absolute Gasteiger partial charge is 0.494 e. The summed E-state index contributed by atoms with van der Waals surface area (Å²) in [7, 11) is 2.88. The summed E-state index contributed by atoms with van der Waals surface area (Å²) < 4.78 is 29.5. The van der Waals surface area contributed by atoms with Crippen LogP contribution in [0.15, 0.2) is 48.5 Å². The van der Waals surface area contributed by atoms with Crippen molar-refractivity contribution in [1.29, 1.82) is 0 Å². The first-order valence-electron chi connectivity index (χ1n) is 10.6. The zero-order chi connectivity index (χ0) is 25.5. The number of ketones is 1. The van der Waals surface area contributed by atoms with E-state index in [1.807, 2.05) is 0 Å². The van der Waals surface area contributed by atoms with Gasteiger partial charge in [-0.15, -0.1) is 0 Å². The van der Waals surface area contributed by atoms with Crippen LogP contribution >= 0.6 is 11.6 Å². The van der Waals surface area contributed by atoms with Gasteiger partial charge in [0.15, 0.2) is 11.5 Å². The molecule has 1 amide bonds. The number of carbonyl (C=O) groups excluding carboxylic acids is 2. The van der Waals surface area contributed by atoms with E-state index < -0.39 is 23.5 Å². The number of halogens is 2. The minimum Gasteiger partial charge on any atom is -0.494 e. The second-order valence-corrected chi connectivity index (χ2v) is 7.78. The van der Waals surface area contributed by atoms with E-state index in [9.17, 15) is 14.0 Å². The Morgan fingerprint density at radius 2 is 1.77 bits per heavy atom. The molecule has 8 nitrogen and oxygen atoms in total. The fourth-order valence-electron chi connectivity index (χ4n) is 3.25. The molecule has 0 radical (unpaired) electrons. The van der Waals surface area contributed by atoms with Crippen LogP contribution in [0, 0.1) is 5.82 Å². The quantitative estimate of drug-likeness (QED) is 0.404. The number of benzene rings is 2. The van der Waals surface area contributed by atoms with Crippen LogP contribution in [-0.2, 0) is 0 Å². The van der Waals surface area contributed by atoms with Crippen molar-refractivity contribution in [3.63, 3.8) is 0 Å². The Morgan fingerprint density at radius 1 is 1.06 bits per heavy atom. The summed E-state index contributed by atoms with van der Waals surface area (Å²) >= 11 is 5.90. The Morgan fingerprint density at radius 3 is 2.43 bits per heavy atom. The van der Waals surface area contributed by atoms with Crippen LogP contribution in [0.1, 0.15) is 27.8 Å². The van der Waals surface area contributed by atoms with Gasteiger partial charge in [-0.2, -0.15) is 0 Å². The number of nitrogens with one attached hydrogen (secondary N) is 1. The highest BCUT2D eigenvalue weighted by molar-refractivity contribution is 6.31. The highest BCUT2D eigenvalue weighted by atomic mass is 35.5. The van der Waals surface area contributed by atoms with E-state index in [1.54, 1.807) is 12.1 Å². The van der Waals surface area contributed by atoms with Gasteiger partial charge >= 0.3 is 0 Å². The molecule has 0 aliphatic carbocycles. The number of ether oxygens (including phenoxy) is 3. The van der Waals surface area contributed by atoms with E-state index in [2.05, 4.69) is 10.3 Å². The molecule has 0 saturated heterocycles. The minimum absolute atomic E-state index is 0.0778. The lowest BCUT2D eigenvalue weighted by atomic mass is 10.1. The van der Waals surface area contributed by atoms with Gasteiger partial charge < -0.3 is 24.6 Å². The summed E-state index contributed by atoms with van der Waals surface area (Å²) in [5.41, 5.74) is 1.11. The van der Waals surface area contributed by atoms with E-state index in [0.717, 1.165) is 0 Å². The molecule has 0 aliphatic rings. The van der Waals surface area contributed by atoms with Gasteiger partial charge in [-0.3, -0.25) is 9.59 Å². The lowest BCUT2D eigenvalue weighted by Gasteiger charge is -2.16. The minimum atomic E-state index is -0.913. The van der Waals surface area contributed by atoms with Crippen molar-refractivity contribution in [2.24, 2.45) is 0 Å². The Hall–Kier alpha value is -3.69. The molecule has 35 heavy (non-hydrogen) atoms. The molecular weight excluding hydrogens is 479 g/mol. The summed E-state index contributed by atoms with van der Waals surface area (Å²) in [6.07, 6.45) is 0. The molecule has 0 fully saturated rings. The molecule has 2 N–H and O–H groups in total. The monoisotopic (exact) mass is 502 g/mol. The molecule has 0 spiro atoms. The third-order valence-electron chi connectivity index (χ3n) is 5.04. The molecule has 10 heteroatoms. The lowest BCUT2D eigenvalue weighted by Crippen LogP contribution is -2.38. The number of Topliss-reactive ketones (excluding diaryl/α,β-unsaturated/α-hetero) is 1. The van der Waals surface area contributed by atoms with Crippen molar-refractivity contribution in [1.82, 2.24) is 10.3 Å². The number of nitrogens with zero attached hydrogens (tertiary/aromatic N) is 1. The fraction of sp³-hybridized carbons (Fsp3) is 0.240. The van der Waals surface area contributed by atoms with Crippen molar-refractivity contribution in [3.05, 3.63) is 70.6 Å². The molecule has 2 aromatic carbocycles. The number of aromatic nitrogens is 1. The number of methoxy groups -OCH3 is 2. The second kappa shape index (κ2) is 11.6. The molecule has 3 rings (SSSR count). The average molecular weight is 503 g/mol. The van der Waals surface area contributed by atoms with Crippen LogP contribution in [-0.4, -0.2) is 55.3 Å². The third-order valence-corrected chi connectivity index (χ3v) is 5.33. The highest BCUT2D eigenvalue weighted by Gasteiger charge is 2.22. The third kappa shape index (κ3) is 6.06. The highest BCUT2D eigenvalue weighted by Crippen LogP contribution is 2.31. The summed E-state index contributed by atoms with van der Waals surface area (Å²) in [5, 5.41) is 11.5. The maximum Gasteiger partial charge on any atom is 0.252 e. The van der Waals surface area contributed by atoms with E-state index in [0.29, 0.717) is 28.5 Å². The number of amides is 1. The lowest BCUT2D eigenvalue weighted by molar-refractivity contribution is 0.0863. The van der Waals surface area contributed by atoms with Gasteiger partial charge in [0, 0.05) is 11.1 Å². The number of aliphatic hydroxyl groups is 1. The van der Waals surface area contributed by atoms with Crippen LogP contribution in [0.2, 0.25) is 5.02 Å².